The first-order valence-corrected chi connectivity index (χ1v) is 7.12. The Morgan fingerprint density at radius 3 is 2.29 bits per heavy atom. The number of anilines is 1. The van der Waals surface area contributed by atoms with Crippen molar-refractivity contribution >= 4 is 5.69 Å². The molecule has 3 rings (SSSR count). The van der Waals surface area contributed by atoms with E-state index in [2.05, 4.69) is 65.8 Å². The van der Waals surface area contributed by atoms with Crippen LogP contribution in [0.4, 0.5) is 5.69 Å². The number of hydrogen-bond donors (Lipinski definition) is 1. The van der Waals surface area contributed by atoms with Crippen LogP contribution < -0.4 is 5.32 Å². The third-order valence-corrected chi connectivity index (χ3v) is 3.58. The summed E-state index contributed by atoms with van der Waals surface area (Å²) in [6.45, 7) is 2.89. The van der Waals surface area contributed by atoms with Gasteiger partial charge >= 0.3 is 0 Å². The summed E-state index contributed by atoms with van der Waals surface area (Å²) < 4.78 is 0. The lowest BCUT2D eigenvalue weighted by Gasteiger charge is -2.09. The highest BCUT2D eigenvalue weighted by molar-refractivity contribution is 5.63. The highest BCUT2D eigenvalue weighted by Gasteiger charge is 1.99. The van der Waals surface area contributed by atoms with Gasteiger partial charge in [-0.25, -0.2) is 0 Å². The third kappa shape index (κ3) is 3.29. The zero-order valence-corrected chi connectivity index (χ0v) is 12.1. The molecule has 0 fully saturated rings. The van der Waals surface area contributed by atoms with Crippen LogP contribution in [0.3, 0.4) is 0 Å². The average Bonchev–Trinajstić information content (AvgIpc) is 2.55. The third-order valence-electron chi connectivity index (χ3n) is 3.58. The van der Waals surface area contributed by atoms with E-state index < -0.39 is 0 Å². The maximum Gasteiger partial charge on any atom is 0.0559 e. The second-order valence-corrected chi connectivity index (χ2v) is 5.11. The molecule has 0 saturated carbocycles. The molecule has 2 heteroatoms. The summed E-state index contributed by atoms with van der Waals surface area (Å²) in [6.07, 6.45) is 3.68. The van der Waals surface area contributed by atoms with Crippen LogP contribution >= 0.6 is 0 Å². The van der Waals surface area contributed by atoms with E-state index in [0.29, 0.717) is 0 Å². The Hall–Kier alpha value is -2.61. The molecule has 2 aromatic carbocycles. The number of nitrogens with zero attached hydrogens (tertiary/aromatic N) is 1. The maximum atomic E-state index is 4.15. The van der Waals surface area contributed by atoms with E-state index >= 15 is 0 Å². The van der Waals surface area contributed by atoms with Gasteiger partial charge in [0.1, 0.15) is 0 Å². The van der Waals surface area contributed by atoms with Gasteiger partial charge in [-0.2, -0.15) is 0 Å². The summed E-state index contributed by atoms with van der Waals surface area (Å²) in [5.74, 6) is 0. The van der Waals surface area contributed by atoms with Crippen molar-refractivity contribution < 1.29 is 0 Å². The fourth-order valence-corrected chi connectivity index (χ4v) is 2.29. The average molecular weight is 274 g/mol. The summed E-state index contributed by atoms with van der Waals surface area (Å²) in [5, 5.41) is 3.43. The number of aryl methyl sites for hydroxylation is 1. The Kier molecular flexibility index (Phi) is 3.97. The Labute approximate surface area is 125 Å². The van der Waals surface area contributed by atoms with Gasteiger partial charge in [0.15, 0.2) is 0 Å². The standard InChI is InChI=1S/C19H18N2/c1-15-11-12-20-14-19(15)21-13-16-7-9-18(10-8-16)17-5-3-2-4-6-17/h2-12,14,21H,13H2,1H3. The second kappa shape index (κ2) is 6.23. The van der Waals surface area contributed by atoms with Crippen molar-refractivity contribution in [1.82, 2.24) is 4.98 Å². The molecule has 0 atom stereocenters. The highest BCUT2D eigenvalue weighted by Crippen LogP contribution is 2.20. The van der Waals surface area contributed by atoms with Gasteiger partial charge in [-0.3, -0.25) is 4.98 Å². The van der Waals surface area contributed by atoms with Crippen molar-refractivity contribution in [2.45, 2.75) is 13.5 Å². The van der Waals surface area contributed by atoms with E-state index in [-0.39, 0.29) is 0 Å². The molecule has 1 aromatic heterocycles. The van der Waals surface area contributed by atoms with Gasteiger partial charge < -0.3 is 5.32 Å². The fraction of sp³-hybridized carbons (Fsp3) is 0.105. The van der Waals surface area contributed by atoms with Crippen LogP contribution in [0.15, 0.2) is 73.1 Å². The molecule has 0 aliphatic heterocycles. The molecule has 104 valence electrons. The van der Waals surface area contributed by atoms with Crippen LogP contribution in [0.1, 0.15) is 11.1 Å². The van der Waals surface area contributed by atoms with Crippen LogP contribution in [-0.4, -0.2) is 4.98 Å². The molecule has 1 heterocycles. The number of hydrogen-bond acceptors (Lipinski definition) is 2. The molecule has 0 unspecified atom stereocenters. The molecule has 0 aliphatic rings. The molecule has 1 N–H and O–H groups in total. The second-order valence-electron chi connectivity index (χ2n) is 5.11. The van der Waals surface area contributed by atoms with Crippen LogP contribution in [0.25, 0.3) is 11.1 Å². The van der Waals surface area contributed by atoms with Gasteiger partial charge in [0, 0.05) is 12.7 Å². The first-order chi connectivity index (χ1) is 10.3. The number of benzene rings is 2. The van der Waals surface area contributed by atoms with Gasteiger partial charge in [0.2, 0.25) is 0 Å². The zero-order chi connectivity index (χ0) is 14.5. The molecule has 0 bridgehead atoms. The number of aromatic nitrogens is 1. The Bertz CT molecular complexity index is 703. The molecule has 0 radical (unpaired) electrons. The van der Waals surface area contributed by atoms with E-state index in [1.807, 2.05) is 24.5 Å². The fourth-order valence-electron chi connectivity index (χ4n) is 2.29. The van der Waals surface area contributed by atoms with E-state index in [1.54, 1.807) is 0 Å². The van der Waals surface area contributed by atoms with Crippen molar-refractivity contribution in [3.05, 3.63) is 84.2 Å². The van der Waals surface area contributed by atoms with E-state index in [4.69, 9.17) is 0 Å². The normalized spacial score (nSPS) is 10.3. The monoisotopic (exact) mass is 274 g/mol. The molecule has 0 aliphatic carbocycles. The molecular formula is C19H18N2. The van der Waals surface area contributed by atoms with E-state index in [1.165, 1.54) is 22.3 Å². The minimum Gasteiger partial charge on any atom is -0.380 e. The molecule has 3 aromatic rings. The summed E-state index contributed by atoms with van der Waals surface area (Å²) >= 11 is 0. The van der Waals surface area contributed by atoms with E-state index in [0.717, 1.165) is 12.2 Å². The van der Waals surface area contributed by atoms with Crippen molar-refractivity contribution in [3.8, 4) is 11.1 Å². The predicted octanol–water partition coefficient (Wildman–Crippen LogP) is 4.67. The van der Waals surface area contributed by atoms with E-state index in [9.17, 15) is 0 Å². The minimum absolute atomic E-state index is 0.807. The smallest absolute Gasteiger partial charge is 0.0559 e. The van der Waals surface area contributed by atoms with Crippen LogP contribution in [0.2, 0.25) is 0 Å². The topological polar surface area (TPSA) is 24.9 Å². The summed E-state index contributed by atoms with van der Waals surface area (Å²) in [5.41, 5.74) is 6.06. The summed E-state index contributed by atoms with van der Waals surface area (Å²) in [6, 6.07) is 21.1. The number of nitrogens with one attached hydrogen (secondary N) is 1. The van der Waals surface area contributed by atoms with Crippen molar-refractivity contribution in [3.63, 3.8) is 0 Å². The predicted molar refractivity (Wildman–Crippen MR) is 88.2 cm³/mol. The van der Waals surface area contributed by atoms with Crippen LogP contribution in [0.5, 0.6) is 0 Å². The number of rotatable bonds is 4. The zero-order valence-electron chi connectivity index (χ0n) is 12.1. The largest absolute Gasteiger partial charge is 0.380 e. The van der Waals surface area contributed by atoms with Gasteiger partial charge in [-0.15, -0.1) is 0 Å². The van der Waals surface area contributed by atoms with Crippen LogP contribution in [0, 0.1) is 6.92 Å². The summed E-state index contributed by atoms with van der Waals surface area (Å²) in [4.78, 5) is 4.15. The van der Waals surface area contributed by atoms with Crippen molar-refractivity contribution in [1.29, 1.82) is 0 Å². The Morgan fingerprint density at radius 1 is 0.857 bits per heavy atom. The molecule has 0 saturated heterocycles. The molecule has 0 spiro atoms. The van der Waals surface area contributed by atoms with Gasteiger partial charge in [0.05, 0.1) is 11.9 Å². The lowest BCUT2D eigenvalue weighted by atomic mass is 10.0. The maximum absolute atomic E-state index is 4.15. The molecule has 0 amide bonds. The van der Waals surface area contributed by atoms with Crippen LogP contribution in [-0.2, 0) is 6.54 Å². The quantitative estimate of drug-likeness (QED) is 0.748. The molecule has 21 heavy (non-hydrogen) atoms. The first kappa shape index (κ1) is 13.4. The minimum atomic E-state index is 0.807. The first-order valence-electron chi connectivity index (χ1n) is 7.12. The lowest BCUT2D eigenvalue weighted by Crippen LogP contribution is -2.01. The van der Waals surface area contributed by atoms with Gasteiger partial charge in [-0.1, -0.05) is 54.6 Å². The Morgan fingerprint density at radius 2 is 1.57 bits per heavy atom. The molecular weight excluding hydrogens is 256 g/mol. The lowest BCUT2D eigenvalue weighted by molar-refractivity contribution is 1.12. The van der Waals surface area contributed by atoms with Gasteiger partial charge in [0.25, 0.3) is 0 Å². The Balaban J connectivity index is 1.69. The molecule has 2 nitrogen and oxygen atoms in total. The van der Waals surface area contributed by atoms with Crippen molar-refractivity contribution in [2.75, 3.05) is 5.32 Å². The number of pyridine rings is 1. The SMILES string of the molecule is Cc1ccncc1NCc1ccc(-c2ccccc2)cc1. The summed E-state index contributed by atoms with van der Waals surface area (Å²) in [7, 11) is 0. The van der Waals surface area contributed by atoms with Crippen molar-refractivity contribution in [2.24, 2.45) is 0 Å². The van der Waals surface area contributed by atoms with Gasteiger partial charge in [-0.05, 0) is 35.2 Å². The highest BCUT2D eigenvalue weighted by atomic mass is 14.9.